The number of rotatable bonds is 0. The molecule has 1 aromatic heterocycles. The third-order valence-corrected chi connectivity index (χ3v) is 5.66. The number of carbonyl (C=O) groups excluding carboxylic acids is 1. The summed E-state index contributed by atoms with van der Waals surface area (Å²) in [6.45, 7) is 1.56. The quantitative estimate of drug-likeness (QED) is 0.588. The molecule has 1 unspecified atom stereocenters. The van der Waals surface area contributed by atoms with E-state index < -0.39 is 0 Å². The fraction of sp³-hybridized carbons (Fsp3) is 0.211. The van der Waals surface area contributed by atoms with Crippen LogP contribution in [0.4, 0.5) is 5.69 Å². The first kappa shape index (κ1) is 14.1. The summed E-state index contributed by atoms with van der Waals surface area (Å²) >= 11 is 3.55. The van der Waals surface area contributed by atoms with Crippen LogP contribution in [0.1, 0.15) is 22.2 Å². The number of para-hydroxylation sites is 1. The zero-order valence-electron chi connectivity index (χ0n) is 13.2. The Labute approximate surface area is 148 Å². The van der Waals surface area contributed by atoms with Crippen LogP contribution in [0.3, 0.4) is 0 Å². The summed E-state index contributed by atoms with van der Waals surface area (Å²) < 4.78 is 3.42. The van der Waals surface area contributed by atoms with E-state index in [2.05, 4.69) is 56.7 Å². The van der Waals surface area contributed by atoms with Crippen molar-refractivity contribution in [3.63, 3.8) is 0 Å². The van der Waals surface area contributed by atoms with E-state index in [0.29, 0.717) is 0 Å². The van der Waals surface area contributed by atoms with E-state index in [-0.39, 0.29) is 12.1 Å². The third-order valence-electron chi connectivity index (χ3n) is 5.16. The van der Waals surface area contributed by atoms with Crippen LogP contribution in [0.25, 0.3) is 10.9 Å². The number of nitrogens with zero attached hydrogens (tertiary/aromatic N) is 3. The SMILES string of the molecule is CN1c2ccccc2C(=O)N2CCn3c(cc4cc(Br)ccc43)C21. The Hall–Kier alpha value is -2.27. The smallest absolute Gasteiger partial charge is 0.257 e. The van der Waals surface area contributed by atoms with Crippen LogP contribution in [0.2, 0.25) is 0 Å². The first-order valence-corrected chi connectivity index (χ1v) is 8.86. The summed E-state index contributed by atoms with van der Waals surface area (Å²) in [6.07, 6.45) is -0.0488. The molecule has 1 atom stereocenters. The van der Waals surface area contributed by atoms with Crippen LogP contribution in [0, 0.1) is 0 Å². The van der Waals surface area contributed by atoms with Gasteiger partial charge < -0.3 is 14.4 Å². The number of fused-ring (bicyclic) bond motifs is 6. The van der Waals surface area contributed by atoms with E-state index in [1.807, 2.05) is 29.2 Å². The molecule has 24 heavy (non-hydrogen) atoms. The highest BCUT2D eigenvalue weighted by Crippen LogP contribution is 2.41. The molecule has 0 saturated carbocycles. The largest absolute Gasteiger partial charge is 0.349 e. The number of halogens is 1. The summed E-state index contributed by atoms with van der Waals surface area (Å²) in [6, 6.07) is 16.5. The second-order valence-corrected chi connectivity index (χ2v) is 7.34. The maximum Gasteiger partial charge on any atom is 0.257 e. The van der Waals surface area contributed by atoms with Gasteiger partial charge in [0.2, 0.25) is 0 Å². The van der Waals surface area contributed by atoms with Gasteiger partial charge in [-0.05, 0) is 36.4 Å². The molecule has 3 heterocycles. The average Bonchev–Trinajstić information content (AvgIpc) is 2.96. The maximum atomic E-state index is 13.0. The lowest BCUT2D eigenvalue weighted by Crippen LogP contribution is -2.52. The van der Waals surface area contributed by atoms with Gasteiger partial charge >= 0.3 is 0 Å². The highest BCUT2D eigenvalue weighted by molar-refractivity contribution is 9.10. The molecule has 1 amide bonds. The molecule has 0 radical (unpaired) electrons. The van der Waals surface area contributed by atoms with Crippen LogP contribution < -0.4 is 4.90 Å². The number of hydrogen-bond acceptors (Lipinski definition) is 2. The molecule has 5 heteroatoms. The van der Waals surface area contributed by atoms with Gasteiger partial charge in [0.15, 0.2) is 0 Å². The van der Waals surface area contributed by atoms with Gasteiger partial charge in [-0.25, -0.2) is 0 Å². The molecule has 2 aliphatic heterocycles. The van der Waals surface area contributed by atoms with E-state index in [0.717, 1.165) is 28.8 Å². The number of aromatic nitrogens is 1. The minimum atomic E-state index is -0.0488. The Balaban J connectivity index is 1.74. The molecule has 2 aliphatic rings. The van der Waals surface area contributed by atoms with Gasteiger partial charge in [-0.3, -0.25) is 4.79 Å². The minimum Gasteiger partial charge on any atom is -0.349 e. The molecule has 5 rings (SSSR count). The Morgan fingerprint density at radius 2 is 1.92 bits per heavy atom. The van der Waals surface area contributed by atoms with Gasteiger partial charge in [0.25, 0.3) is 5.91 Å². The number of benzene rings is 2. The Morgan fingerprint density at radius 3 is 2.79 bits per heavy atom. The molecule has 2 aromatic carbocycles. The zero-order valence-corrected chi connectivity index (χ0v) is 14.8. The topological polar surface area (TPSA) is 28.5 Å². The molecule has 3 aromatic rings. The molecule has 0 aliphatic carbocycles. The molecule has 0 spiro atoms. The van der Waals surface area contributed by atoms with Crippen LogP contribution in [0.15, 0.2) is 53.0 Å². The van der Waals surface area contributed by atoms with Gasteiger partial charge in [0.05, 0.1) is 16.9 Å². The molecule has 4 nitrogen and oxygen atoms in total. The standard InChI is InChI=1S/C19H16BrN3O/c1-21-16-5-3-2-4-14(16)19(24)23-9-8-22-15-7-6-13(20)10-12(15)11-17(22)18(21)23/h2-7,10-11,18H,8-9H2,1H3. The number of hydrogen-bond donors (Lipinski definition) is 0. The predicted octanol–water partition coefficient (Wildman–Crippen LogP) is 4.01. The molecular formula is C19H16BrN3O. The minimum absolute atomic E-state index is 0.0488. The lowest BCUT2D eigenvalue weighted by molar-refractivity contribution is 0.0602. The van der Waals surface area contributed by atoms with E-state index in [4.69, 9.17) is 0 Å². The second-order valence-electron chi connectivity index (χ2n) is 6.42. The van der Waals surface area contributed by atoms with Crippen molar-refractivity contribution in [2.24, 2.45) is 0 Å². The van der Waals surface area contributed by atoms with E-state index >= 15 is 0 Å². The molecule has 120 valence electrons. The van der Waals surface area contributed by atoms with Crippen LogP contribution in [-0.2, 0) is 6.54 Å². The highest BCUT2D eigenvalue weighted by atomic mass is 79.9. The summed E-state index contributed by atoms with van der Waals surface area (Å²) in [7, 11) is 2.08. The fourth-order valence-corrected chi connectivity index (χ4v) is 4.46. The lowest BCUT2D eigenvalue weighted by atomic mass is 10.0. The maximum absolute atomic E-state index is 13.0. The second kappa shape index (κ2) is 4.86. The lowest BCUT2D eigenvalue weighted by Gasteiger charge is -2.46. The molecule has 0 bridgehead atoms. The molecule has 0 saturated heterocycles. The average molecular weight is 382 g/mol. The molecular weight excluding hydrogens is 366 g/mol. The van der Waals surface area contributed by atoms with E-state index in [1.54, 1.807) is 0 Å². The van der Waals surface area contributed by atoms with E-state index in [9.17, 15) is 4.79 Å². The molecule has 0 N–H and O–H groups in total. The monoisotopic (exact) mass is 381 g/mol. The Kier molecular flexibility index (Phi) is 2.86. The van der Waals surface area contributed by atoms with Crippen molar-refractivity contribution < 1.29 is 4.79 Å². The predicted molar refractivity (Wildman–Crippen MR) is 98.3 cm³/mol. The van der Waals surface area contributed by atoms with Crippen molar-refractivity contribution in [2.45, 2.75) is 12.7 Å². The first-order valence-electron chi connectivity index (χ1n) is 8.07. The zero-order chi connectivity index (χ0) is 16.4. The summed E-state index contributed by atoms with van der Waals surface area (Å²) in [4.78, 5) is 17.2. The van der Waals surface area contributed by atoms with E-state index in [1.165, 1.54) is 16.6 Å². The van der Waals surface area contributed by atoms with Crippen molar-refractivity contribution in [1.29, 1.82) is 0 Å². The summed E-state index contributed by atoms with van der Waals surface area (Å²) in [5, 5.41) is 1.21. The normalized spacial score (nSPS) is 19.2. The van der Waals surface area contributed by atoms with Crippen molar-refractivity contribution in [2.75, 3.05) is 18.5 Å². The number of amides is 1. The van der Waals surface area contributed by atoms with Crippen LogP contribution in [0.5, 0.6) is 0 Å². The first-order chi connectivity index (χ1) is 11.6. The molecule has 0 fully saturated rings. The van der Waals surface area contributed by atoms with Crippen molar-refractivity contribution in [1.82, 2.24) is 9.47 Å². The Morgan fingerprint density at radius 1 is 1.08 bits per heavy atom. The number of anilines is 1. The highest BCUT2D eigenvalue weighted by Gasteiger charge is 2.40. The van der Waals surface area contributed by atoms with Crippen LogP contribution in [-0.4, -0.2) is 29.0 Å². The van der Waals surface area contributed by atoms with Gasteiger partial charge in [0.1, 0.15) is 6.17 Å². The van der Waals surface area contributed by atoms with Crippen molar-refractivity contribution >= 4 is 38.4 Å². The number of carbonyl (C=O) groups is 1. The van der Waals surface area contributed by atoms with Crippen LogP contribution >= 0.6 is 15.9 Å². The fourth-order valence-electron chi connectivity index (χ4n) is 4.08. The van der Waals surface area contributed by atoms with Crippen molar-refractivity contribution in [3.8, 4) is 0 Å². The third kappa shape index (κ3) is 1.76. The van der Waals surface area contributed by atoms with Gasteiger partial charge in [-0.15, -0.1) is 0 Å². The van der Waals surface area contributed by atoms with Gasteiger partial charge in [-0.2, -0.15) is 0 Å². The van der Waals surface area contributed by atoms with Crippen molar-refractivity contribution in [3.05, 3.63) is 64.3 Å². The summed E-state index contributed by atoms with van der Waals surface area (Å²) in [5.41, 5.74) is 4.21. The van der Waals surface area contributed by atoms with Gasteiger partial charge in [-0.1, -0.05) is 28.1 Å². The van der Waals surface area contributed by atoms with Gasteiger partial charge in [0, 0.05) is 35.5 Å². The Bertz CT molecular complexity index is 993. The summed E-state index contributed by atoms with van der Waals surface area (Å²) in [5.74, 6) is 0.131.